The summed E-state index contributed by atoms with van der Waals surface area (Å²) < 4.78 is 0. The molecular weight excluding hydrogens is 190 g/mol. The zero-order valence-corrected chi connectivity index (χ0v) is 8.81. The highest BCUT2D eigenvalue weighted by Crippen LogP contribution is 1.98. The Balaban J connectivity index is 3.34. The number of amides is 1. The summed E-state index contributed by atoms with van der Waals surface area (Å²) in [7, 11) is 0. The summed E-state index contributed by atoms with van der Waals surface area (Å²) in [6, 6.07) is 0. The molecule has 0 aliphatic heterocycles. The first-order valence-corrected chi connectivity index (χ1v) is 5.17. The summed E-state index contributed by atoms with van der Waals surface area (Å²) >= 11 is 5.44. The van der Waals surface area contributed by atoms with Gasteiger partial charge in [-0.3, -0.25) is 4.79 Å². The molecular formula is C9H18ClNO2. The first-order chi connectivity index (χ1) is 6.20. The van der Waals surface area contributed by atoms with E-state index in [9.17, 15) is 4.79 Å². The van der Waals surface area contributed by atoms with Gasteiger partial charge in [0.1, 0.15) is 0 Å². The van der Waals surface area contributed by atoms with Gasteiger partial charge in [0, 0.05) is 25.5 Å². The van der Waals surface area contributed by atoms with Crippen LogP contribution in [0.25, 0.3) is 0 Å². The summed E-state index contributed by atoms with van der Waals surface area (Å²) in [6.45, 7) is 2.82. The minimum atomic E-state index is 0.0467. The van der Waals surface area contributed by atoms with Crippen LogP contribution in [0.1, 0.15) is 26.2 Å². The molecule has 0 saturated heterocycles. The molecule has 1 atom stereocenters. The first-order valence-electron chi connectivity index (χ1n) is 4.64. The van der Waals surface area contributed by atoms with Gasteiger partial charge in [-0.1, -0.05) is 6.92 Å². The number of aliphatic hydroxyl groups is 1. The van der Waals surface area contributed by atoms with E-state index in [1.54, 1.807) is 0 Å². The van der Waals surface area contributed by atoms with Crippen molar-refractivity contribution >= 4 is 17.5 Å². The average Bonchev–Trinajstić information content (AvgIpc) is 2.12. The van der Waals surface area contributed by atoms with E-state index in [4.69, 9.17) is 16.7 Å². The molecule has 2 N–H and O–H groups in total. The highest BCUT2D eigenvalue weighted by molar-refractivity contribution is 6.17. The van der Waals surface area contributed by atoms with E-state index in [1.165, 1.54) is 0 Å². The Hall–Kier alpha value is -0.280. The van der Waals surface area contributed by atoms with E-state index in [-0.39, 0.29) is 12.5 Å². The zero-order chi connectivity index (χ0) is 10.1. The Labute approximate surface area is 84.5 Å². The van der Waals surface area contributed by atoms with E-state index in [2.05, 4.69) is 5.32 Å². The third-order valence-electron chi connectivity index (χ3n) is 1.81. The van der Waals surface area contributed by atoms with Crippen LogP contribution >= 0.6 is 11.6 Å². The lowest BCUT2D eigenvalue weighted by Gasteiger charge is -2.10. The lowest BCUT2D eigenvalue weighted by Crippen LogP contribution is -2.28. The van der Waals surface area contributed by atoms with E-state index in [0.717, 1.165) is 12.8 Å². The maximum Gasteiger partial charge on any atom is 0.220 e. The second-order valence-electron chi connectivity index (χ2n) is 3.21. The molecule has 13 heavy (non-hydrogen) atoms. The Kier molecular flexibility index (Phi) is 8.14. The summed E-state index contributed by atoms with van der Waals surface area (Å²) in [6.07, 6.45) is 1.95. The average molecular weight is 208 g/mol. The Morgan fingerprint density at radius 2 is 2.31 bits per heavy atom. The maximum atomic E-state index is 11.1. The number of hydrogen-bond donors (Lipinski definition) is 2. The van der Waals surface area contributed by atoms with Gasteiger partial charge in [0.15, 0.2) is 0 Å². The lowest BCUT2D eigenvalue weighted by molar-refractivity contribution is -0.121. The quantitative estimate of drug-likeness (QED) is 0.616. The van der Waals surface area contributed by atoms with Crippen LogP contribution in [0.5, 0.6) is 0 Å². The van der Waals surface area contributed by atoms with Crippen LogP contribution < -0.4 is 5.32 Å². The second kappa shape index (κ2) is 8.32. The summed E-state index contributed by atoms with van der Waals surface area (Å²) in [5.74, 6) is 0.912. The van der Waals surface area contributed by atoms with Crippen molar-refractivity contribution in [3.05, 3.63) is 0 Å². The molecule has 0 aromatic carbocycles. The highest BCUT2D eigenvalue weighted by Gasteiger charge is 2.04. The van der Waals surface area contributed by atoms with E-state index in [0.29, 0.717) is 24.8 Å². The fraction of sp³-hybridized carbons (Fsp3) is 0.889. The molecule has 0 aliphatic rings. The third-order valence-corrected chi connectivity index (χ3v) is 2.07. The fourth-order valence-electron chi connectivity index (χ4n) is 0.926. The van der Waals surface area contributed by atoms with Crippen molar-refractivity contribution in [3.8, 4) is 0 Å². The van der Waals surface area contributed by atoms with Crippen molar-refractivity contribution < 1.29 is 9.90 Å². The van der Waals surface area contributed by atoms with Crippen LogP contribution in [0.15, 0.2) is 0 Å². The molecule has 0 heterocycles. The molecule has 1 unspecified atom stereocenters. The van der Waals surface area contributed by atoms with Crippen LogP contribution in [0.4, 0.5) is 0 Å². The molecule has 0 spiro atoms. The summed E-state index contributed by atoms with van der Waals surface area (Å²) in [4.78, 5) is 11.1. The number of hydrogen-bond acceptors (Lipinski definition) is 2. The smallest absolute Gasteiger partial charge is 0.220 e. The lowest BCUT2D eigenvalue weighted by atomic mass is 10.1. The topological polar surface area (TPSA) is 49.3 Å². The standard InChI is InChI=1S/C9H18ClNO2/c1-8(4-6-12)7-11-9(13)3-2-5-10/h8,12H,2-7H2,1H3,(H,11,13). The number of alkyl halides is 1. The van der Waals surface area contributed by atoms with Crippen LogP contribution in [0.3, 0.4) is 0 Å². The monoisotopic (exact) mass is 207 g/mol. The van der Waals surface area contributed by atoms with Crippen LogP contribution in [0.2, 0.25) is 0 Å². The van der Waals surface area contributed by atoms with E-state index in [1.807, 2.05) is 6.92 Å². The molecule has 3 nitrogen and oxygen atoms in total. The minimum Gasteiger partial charge on any atom is -0.396 e. The molecule has 1 amide bonds. The van der Waals surface area contributed by atoms with Gasteiger partial charge >= 0.3 is 0 Å². The number of nitrogens with one attached hydrogen (secondary N) is 1. The zero-order valence-electron chi connectivity index (χ0n) is 8.05. The van der Waals surface area contributed by atoms with Crippen molar-refractivity contribution in [1.29, 1.82) is 0 Å². The van der Waals surface area contributed by atoms with E-state index >= 15 is 0 Å². The van der Waals surface area contributed by atoms with Crippen molar-refractivity contribution in [2.75, 3.05) is 19.0 Å². The van der Waals surface area contributed by atoms with E-state index < -0.39 is 0 Å². The van der Waals surface area contributed by atoms with Gasteiger partial charge in [-0.2, -0.15) is 0 Å². The fourth-order valence-corrected chi connectivity index (χ4v) is 1.06. The second-order valence-corrected chi connectivity index (χ2v) is 3.59. The van der Waals surface area contributed by atoms with Gasteiger partial charge in [0.2, 0.25) is 5.91 Å². The van der Waals surface area contributed by atoms with Crippen LogP contribution in [0, 0.1) is 5.92 Å². The van der Waals surface area contributed by atoms with Gasteiger partial charge in [0.25, 0.3) is 0 Å². The minimum absolute atomic E-state index is 0.0467. The molecule has 0 bridgehead atoms. The molecule has 78 valence electrons. The van der Waals surface area contributed by atoms with Gasteiger partial charge < -0.3 is 10.4 Å². The van der Waals surface area contributed by atoms with Crippen LogP contribution in [-0.2, 0) is 4.79 Å². The number of rotatable bonds is 7. The molecule has 0 radical (unpaired) electrons. The number of carbonyl (C=O) groups is 1. The normalized spacial score (nSPS) is 12.5. The highest BCUT2D eigenvalue weighted by atomic mass is 35.5. The predicted octanol–water partition coefficient (Wildman–Crippen LogP) is 1.14. The van der Waals surface area contributed by atoms with Crippen molar-refractivity contribution in [2.24, 2.45) is 5.92 Å². The number of halogens is 1. The summed E-state index contributed by atoms with van der Waals surface area (Å²) in [5, 5.41) is 11.4. The molecule has 0 saturated carbocycles. The molecule has 0 fully saturated rings. The largest absolute Gasteiger partial charge is 0.396 e. The van der Waals surface area contributed by atoms with Gasteiger partial charge in [-0.15, -0.1) is 11.6 Å². The Morgan fingerprint density at radius 1 is 1.62 bits per heavy atom. The molecule has 0 aromatic rings. The first kappa shape index (κ1) is 12.7. The predicted molar refractivity (Wildman–Crippen MR) is 53.8 cm³/mol. The Bertz CT molecular complexity index is 142. The van der Waals surface area contributed by atoms with Crippen molar-refractivity contribution in [3.63, 3.8) is 0 Å². The van der Waals surface area contributed by atoms with Gasteiger partial charge in [0.05, 0.1) is 0 Å². The van der Waals surface area contributed by atoms with Gasteiger partial charge in [-0.25, -0.2) is 0 Å². The summed E-state index contributed by atoms with van der Waals surface area (Å²) in [5.41, 5.74) is 0. The number of aliphatic hydroxyl groups excluding tert-OH is 1. The van der Waals surface area contributed by atoms with Crippen molar-refractivity contribution in [1.82, 2.24) is 5.32 Å². The molecule has 4 heteroatoms. The molecule has 0 aliphatic carbocycles. The van der Waals surface area contributed by atoms with Crippen molar-refractivity contribution in [2.45, 2.75) is 26.2 Å². The molecule has 0 rings (SSSR count). The third kappa shape index (κ3) is 8.06. The van der Waals surface area contributed by atoms with Crippen LogP contribution in [-0.4, -0.2) is 30.0 Å². The number of carbonyl (C=O) groups excluding carboxylic acids is 1. The molecule has 0 aromatic heterocycles. The van der Waals surface area contributed by atoms with Gasteiger partial charge in [-0.05, 0) is 18.8 Å². The maximum absolute atomic E-state index is 11.1. The SMILES string of the molecule is CC(CCO)CNC(=O)CCCCl. The Morgan fingerprint density at radius 3 is 2.85 bits per heavy atom.